The summed E-state index contributed by atoms with van der Waals surface area (Å²) in [6.45, 7) is 2.03. The summed E-state index contributed by atoms with van der Waals surface area (Å²) < 4.78 is 0. The summed E-state index contributed by atoms with van der Waals surface area (Å²) >= 11 is 0. The van der Waals surface area contributed by atoms with Gasteiger partial charge in [0.25, 0.3) is 0 Å². The lowest BCUT2D eigenvalue weighted by molar-refractivity contribution is 0.112. The molecule has 0 saturated heterocycles. The molecule has 0 aliphatic heterocycles. The second-order valence-corrected chi connectivity index (χ2v) is 2.81. The number of aromatic amines is 1. The smallest absolute Gasteiger partial charge is 0.181 e. The van der Waals surface area contributed by atoms with Crippen molar-refractivity contribution >= 4 is 17.3 Å². The largest absolute Gasteiger partial charge is 0.298 e. The number of aldehydes is 1. The number of pyridine rings is 1. The van der Waals surface area contributed by atoms with E-state index in [1.807, 2.05) is 6.92 Å². The third-order valence-electron chi connectivity index (χ3n) is 2.00. The fourth-order valence-corrected chi connectivity index (χ4v) is 1.30. The van der Waals surface area contributed by atoms with Crippen LogP contribution in [0.2, 0.25) is 0 Å². The van der Waals surface area contributed by atoms with Crippen molar-refractivity contribution in [2.24, 2.45) is 0 Å². The molecule has 0 aliphatic rings. The molecule has 0 atom stereocenters. The fourth-order valence-electron chi connectivity index (χ4n) is 1.30. The summed E-state index contributed by atoms with van der Waals surface area (Å²) in [7, 11) is 0. The molecule has 0 fully saturated rings. The van der Waals surface area contributed by atoms with Gasteiger partial charge in [-0.25, -0.2) is 4.98 Å². The minimum atomic E-state index is 0.587. The minimum absolute atomic E-state index is 0.587. The molecule has 4 heteroatoms. The molecule has 1 N–H and O–H groups in total. The third-order valence-corrected chi connectivity index (χ3v) is 2.00. The van der Waals surface area contributed by atoms with Crippen LogP contribution in [0.3, 0.4) is 0 Å². The van der Waals surface area contributed by atoms with Crippen molar-refractivity contribution in [3.8, 4) is 0 Å². The van der Waals surface area contributed by atoms with Gasteiger partial charge in [0, 0.05) is 22.8 Å². The summed E-state index contributed by atoms with van der Waals surface area (Å²) in [5.41, 5.74) is 2.28. The molecule has 2 aromatic rings. The topological polar surface area (TPSA) is 58.6 Å². The van der Waals surface area contributed by atoms with E-state index in [-0.39, 0.29) is 0 Å². The molecule has 0 aliphatic carbocycles. The molecule has 2 aromatic heterocycles. The monoisotopic (exact) mass is 175 g/mol. The first-order chi connectivity index (χ1) is 6.35. The zero-order chi connectivity index (χ0) is 9.26. The van der Waals surface area contributed by atoms with Crippen LogP contribution >= 0.6 is 0 Å². The maximum atomic E-state index is 10.5. The van der Waals surface area contributed by atoms with Gasteiger partial charge in [-0.15, -0.1) is 0 Å². The number of nitrogens with zero attached hydrogens (tertiary/aromatic N) is 2. The Labute approximate surface area is 75.0 Å². The van der Waals surface area contributed by atoms with E-state index in [9.17, 15) is 4.79 Å². The van der Waals surface area contributed by atoms with Gasteiger partial charge in [-0.1, -0.05) is 6.92 Å². The predicted molar refractivity (Wildman–Crippen MR) is 48.7 cm³/mol. The van der Waals surface area contributed by atoms with Crippen molar-refractivity contribution in [3.63, 3.8) is 0 Å². The number of aryl methyl sites for hydroxylation is 1. The lowest BCUT2D eigenvalue weighted by Crippen LogP contribution is -1.84. The lowest BCUT2D eigenvalue weighted by atomic mass is 10.2. The van der Waals surface area contributed by atoms with Crippen LogP contribution in [0.4, 0.5) is 0 Å². The normalized spacial score (nSPS) is 10.5. The van der Waals surface area contributed by atoms with Gasteiger partial charge in [-0.05, 0) is 12.5 Å². The number of fused-ring (bicyclic) bond motifs is 1. The average molecular weight is 175 g/mol. The first-order valence-corrected chi connectivity index (χ1v) is 4.13. The Morgan fingerprint density at radius 1 is 1.62 bits per heavy atom. The summed E-state index contributed by atoms with van der Waals surface area (Å²) in [4.78, 5) is 14.5. The molecule has 4 nitrogen and oxygen atoms in total. The first-order valence-electron chi connectivity index (χ1n) is 4.13. The summed E-state index contributed by atoms with van der Waals surface area (Å²) in [6, 6.07) is 1.80. The molecule has 2 rings (SSSR count). The Morgan fingerprint density at radius 3 is 3.15 bits per heavy atom. The number of H-pyrrole nitrogens is 1. The van der Waals surface area contributed by atoms with Gasteiger partial charge in [0.15, 0.2) is 11.9 Å². The highest BCUT2D eigenvalue weighted by atomic mass is 16.1. The van der Waals surface area contributed by atoms with E-state index in [4.69, 9.17) is 0 Å². The maximum absolute atomic E-state index is 10.5. The second kappa shape index (κ2) is 2.97. The van der Waals surface area contributed by atoms with E-state index in [2.05, 4.69) is 15.2 Å². The van der Waals surface area contributed by atoms with E-state index >= 15 is 0 Å². The highest BCUT2D eigenvalue weighted by Gasteiger charge is 2.04. The van der Waals surface area contributed by atoms with Crippen LogP contribution in [0.25, 0.3) is 11.0 Å². The van der Waals surface area contributed by atoms with Crippen LogP contribution in [0.15, 0.2) is 12.3 Å². The molecule has 13 heavy (non-hydrogen) atoms. The van der Waals surface area contributed by atoms with Crippen molar-refractivity contribution in [1.29, 1.82) is 0 Å². The quantitative estimate of drug-likeness (QED) is 0.700. The van der Waals surface area contributed by atoms with E-state index in [1.54, 1.807) is 6.07 Å². The van der Waals surface area contributed by atoms with Gasteiger partial charge in [0.1, 0.15) is 0 Å². The molecule has 0 bridgehead atoms. The van der Waals surface area contributed by atoms with Crippen LogP contribution in [0.1, 0.15) is 23.0 Å². The van der Waals surface area contributed by atoms with Crippen LogP contribution < -0.4 is 0 Å². The average Bonchev–Trinajstić information content (AvgIpc) is 2.59. The van der Waals surface area contributed by atoms with Crippen molar-refractivity contribution in [2.45, 2.75) is 13.3 Å². The lowest BCUT2D eigenvalue weighted by Gasteiger charge is -1.92. The molecule has 0 amide bonds. The van der Waals surface area contributed by atoms with E-state index < -0.39 is 0 Å². The van der Waals surface area contributed by atoms with Crippen molar-refractivity contribution in [1.82, 2.24) is 15.2 Å². The molecule has 0 saturated carbocycles. The second-order valence-electron chi connectivity index (χ2n) is 2.81. The summed E-state index contributed by atoms with van der Waals surface area (Å²) in [5.74, 6) is 0. The summed E-state index contributed by atoms with van der Waals surface area (Å²) in [6.07, 6.45) is 3.18. The van der Waals surface area contributed by atoms with Gasteiger partial charge in [-0.2, -0.15) is 5.10 Å². The number of carbonyl (C=O) groups is 1. The molecule has 2 heterocycles. The number of hydrogen-bond acceptors (Lipinski definition) is 3. The highest BCUT2D eigenvalue weighted by molar-refractivity contribution is 5.85. The first kappa shape index (κ1) is 7.91. The Hall–Kier alpha value is -1.71. The molecule has 66 valence electrons. The maximum Gasteiger partial charge on any atom is 0.181 e. The van der Waals surface area contributed by atoms with Crippen LogP contribution in [0, 0.1) is 0 Å². The number of hydrogen-bond donors (Lipinski definition) is 1. The number of carbonyl (C=O) groups excluding carboxylic acids is 1. The van der Waals surface area contributed by atoms with Crippen molar-refractivity contribution in [2.75, 3.05) is 0 Å². The van der Waals surface area contributed by atoms with Gasteiger partial charge < -0.3 is 0 Å². The summed E-state index contributed by atoms with van der Waals surface area (Å²) in [5, 5.41) is 7.84. The van der Waals surface area contributed by atoms with Gasteiger partial charge in [0.2, 0.25) is 0 Å². The van der Waals surface area contributed by atoms with Crippen LogP contribution in [-0.2, 0) is 6.42 Å². The minimum Gasteiger partial charge on any atom is -0.298 e. The Kier molecular flexibility index (Phi) is 1.81. The Morgan fingerprint density at radius 2 is 2.46 bits per heavy atom. The standard InChI is InChI=1S/C9H9N3O/c1-2-8-7-3-6(5-13)4-10-9(7)12-11-8/h3-5H,2H2,1H3,(H,10,11,12). The van der Waals surface area contributed by atoms with E-state index in [0.29, 0.717) is 11.2 Å². The number of nitrogens with one attached hydrogen (secondary N) is 1. The highest BCUT2D eigenvalue weighted by Crippen LogP contribution is 2.14. The molecule has 0 spiro atoms. The van der Waals surface area contributed by atoms with Gasteiger partial charge >= 0.3 is 0 Å². The zero-order valence-corrected chi connectivity index (χ0v) is 7.24. The zero-order valence-electron chi connectivity index (χ0n) is 7.24. The van der Waals surface area contributed by atoms with Gasteiger partial charge in [0.05, 0.1) is 0 Å². The number of aromatic nitrogens is 3. The van der Waals surface area contributed by atoms with Crippen molar-refractivity contribution in [3.05, 3.63) is 23.5 Å². The molecular weight excluding hydrogens is 166 g/mol. The van der Waals surface area contributed by atoms with E-state index in [1.165, 1.54) is 6.20 Å². The fraction of sp³-hybridized carbons (Fsp3) is 0.222. The van der Waals surface area contributed by atoms with Crippen LogP contribution in [0.5, 0.6) is 0 Å². The molecule has 0 aromatic carbocycles. The predicted octanol–water partition coefficient (Wildman–Crippen LogP) is 1.33. The van der Waals surface area contributed by atoms with E-state index in [0.717, 1.165) is 23.8 Å². The van der Waals surface area contributed by atoms with Crippen LogP contribution in [-0.4, -0.2) is 21.5 Å². The van der Waals surface area contributed by atoms with Crippen molar-refractivity contribution < 1.29 is 4.79 Å². The SMILES string of the molecule is CCc1[nH]nc2ncc(C=O)cc12. The Balaban J connectivity index is 2.71. The Bertz CT molecular complexity index is 447. The van der Waals surface area contributed by atoms with Gasteiger partial charge in [-0.3, -0.25) is 9.89 Å². The molecular formula is C9H9N3O. The third kappa shape index (κ3) is 1.20. The number of rotatable bonds is 2. The molecule has 0 radical (unpaired) electrons. The molecule has 0 unspecified atom stereocenters.